The molecule has 0 aliphatic rings. The Morgan fingerprint density at radius 2 is 1.95 bits per heavy atom. The van der Waals surface area contributed by atoms with Gasteiger partial charge in [-0.25, -0.2) is 0 Å². The molecule has 2 rings (SSSR count). The number of benzene rings is 2. The highest BCUT2D eigenvalue weighted by Gasteiger charge is 2.13. The van der Waals surface area contributed by atoms with Gasteiger partial charge in [0.2, 0.25) is 0 Å². The van der Waals surface area contributed by atoms with Crippen molar-refractivity contribution in [3.63, 3.8) is 0 Å². The van der Waals surface area contributed by atoms with Gasteiger partial charge in [0.15, 0.2) is 5.78 Å². The summed E-state index contributed by atoms with van der Waals surface area (Å²) in [5.74, 6) is 0.638. The molecule has 0 bridgehead atoms. The number of ketones is 1. The molecular weight excluding hydrogens is 363 g/mol. The van der Waals surface area contributed by atoms with Gasteiger partial charge < -0.3 is 4.74 Å². The van der Waals surface area contributed by atoms with Crippen LogP contribution in [-0.4, -0.2) is 12.9 Å². The Morgan fingerprint density at radius 3 is 2.60 bits per heavy atom. The molecule has 104 valence electrons. The van der Waals surface area contributed by atoms with E-state index in [1.165, 1.54) is 0 Å². The van der Waals surface area contributed by atoms with E-state index in [1.807, 2.05) is 18.2 Å². The number of hydrogen-bond acceptors (Lipinski definition) is 2. The number of halogens is 3. The van der Waals surface area contributed by atoms with E-state index in [9.17, 15) is 4.79 Å². The molecule has 0 saturated heterocycles. The van der Waals surface area contributed by atoms with Gasteiger partial charge in [-0.15, -0.1) is 0 Å². The highest BCUT2D eigenvalue weighted by Crippen LogP contribution is 2.26. The molecule has 0 heterocycles. The van der Waals surface area contributed by atoms with E-state index < -0.39 is 0 Å². The minimum Gasteiger partial charge on any atom is -0.497 e. The largest absolute Gasteiger partial charge is 0.497 e. The predicted octanol–water partition coefficient (Wildman–Crippen LogP) is 5.19. The number of methoxy groups -OCH3 is 1. The molecule has 2 aromatic carbocycles. The van der Waals surface area contributed by atoms with Crippen LogP contribution in [0.25, 0.3) is 0 Å². The van der Waals surface area contributed by atoms with Crippen LogP contribution in [0.4, 0.5) is 0 Å². The van der Waals surface area contributed by atoms with Crippen molar-refractivity contribution in [3.8, 4) is 5.75 Å². The van der Waals surface area contributed by atoms with Crippen molar-refractivity contribution in [2.45, 2.75) is 6.42 Å². The molecule has 0 spiro atoms. The van der Waals surface area contributed by atoms with Crippen LogP contribution in [-0.2, 0) is 6.42 Å². The zero-order valence-corrected chi connectivity index (χ0v) is 13.7. The maximum atomic E-state index is 12.3. The van der Waals surface area contributed by atoms with Crippen LogP contribution in [0, 0.1) is 0 Å². The van der Waals surface area contributed by atoms with Gasteiger partial charge in [0.25, 0.3) is 0 Å². The Bertz CT molecular complexity index is 656. The molecule has 0 aliphatic carbocycles. The van der Waals surface area contributed by atoms with Gasteiger partial charge in [0.05, 0.1) is 12.1 Å². The van der Waals surface area contributed by atoms with Crippen LogP contribution in [0.15, 0.2) is 40.9 Å². The van der Waals surface area contributed by atoms with E-state index in [1.54, 1.807) is 25.3 Å². The third kappa shape index (κ3) is 3.54. The summed E-state index contributed by atoms with van der Waals surface area (Å²) in [6, 6.07) is 10.4. The van der Waals surface area contributed by atoms with E-state index >= 15 is 0 Å². The van der Waals surface area contributed by atoms with Crippen molar-refractivity contribution in [1.29, 1.82) is 0 Å². The highest BCUT2D eigenvalue weighted by atomic mass is 79.9. The standard InChI is InChI=1S/C15H11BrCl2O2/c1-20-11-3-5-13(16)9(6-11)7-15(19)12-4-2-10(17)8-14(12)18/h2-6,8H,7H2,1H3. The van der Waals surface area contributed by atoms with Crippen molar-refractivity contribution < 1.29 is 9.53 Å². The van der Waals surface area contributed by atoms with Crippen molar-refractivity contribution in [1.82, 2.24) is 0 Å². The Morgan fingerprint density at radius 1 is 1.20 bits per heavy atom. The molecular formula is C15H11BrCl2O2. The van der Waals surface area contributed by atoms with E-state index in [0.717, 1.165) is 10.0 Å². The van der Waals surface area contributed by atoms with Gasteiger partial charge >= 0.3 is 0 Å². The van der Waals surface area contributed by atoms with Gasteiger partial charge in [-0.3, -0.25) is 4.79 Å². The summed E-state index contributed by atoms with van der Waals surface area (Å²) in [5.41, 5.74) is 1.31. The molecule has 2 nitrogen and oxygen atoms in total. The monoisotopic (exact) mass is 372 g/mol. The molecule has 0 amide bonds. The average Bonchev–Trinajstić information content (AvgIpc) is 2.41. The first-order chi connectivity index (χ1) is 9.51. The Labute approximate surface area is 135 Å². The number of carbonyl (C=O) groups is 1. The number of ether oxygens (including phenoxy) is 1. The highest BCUT2D eigenvalue weighted by molar-refractivity contribution is 9.10. The van der Waals surface area contributed by atoms with Crippen LogP contribution >= 0.6 is 39.1 Å². The first kappa shape index (κ1) is 15.4. The minimum absolute atomic E-state index is 0.0689. The second kappa shape index (κ2) is 6.61. The third-order valence-electron chi connectivity index (χ3n) is 2.84. The molecule has 2 aromatic rings. The van der Waals surface area contributed by atoms with Crippen LogP contribution < -0.4 is 4.74 Å². The first-order valence-electron chi connectivity index (χ1n) is 5.82. The van der Waals surface area contributed by atoms with Gasteiger partial charge in [-0.1, -0.05) is 39.1 Å². The zero-order chi connectivity index (χ0) is 14.7. The second-order valence-electron chi connectivity index (χ2n) is 4.18. The van der Waals surface area contributed by atoms with Gasteiger partial charge in [-0.2, -0.15) is 0 Å². The molecule has 5 heteroatoms. The maximum Gasteiger partial charge on any atom is 0.168 e. The van der Waals surface area contributed by atoms with Crippen LogP contribution in [0.1, 0.15) is 15.9 Å². The summed E-state index contributed by atoms with van der Waals surface area (Å²) in [6.45, 7) is 0. The molecule has 0 aliphatic heterocycles. The Kier molecular flexibility index (Phi) is 5.08. The van der Waals surface area contributed by atoms with Crippen LogP contribution in [0.3, 0.4) is 0 Å². The molecule has 0 aromatic heterocycles. The summed E-state index contributed by atoms with van der Waals surface area (Å²) < 4.78 is 6.02. The Balaban J connectivity index is 2.27. The summed E-state index contributed by atoms with van der Waals surface area (Å²) in [7, 11) is 1.59. The Hall–Kier alpha value is -1.03. The fourth-order valence-corrected chi connectivity index (χ4v) is 2.70. The number of carbonyl (C=O) groups excluding carboxylic acids is 1. The minimum atomic E-state index is -0.0689. The topological polar surface area (TPSA) is 26.3 Å². The molecule has 0 radical (unpaired) electrons. The van der Waals surface area contributed by atoms with Crippen LogP contribution in [0.5, 0.6) is 5.75 Å². The first-order valence-corrected chi connectivity index (χ1v) is 7.37. The number of hydrogen-bond donors (Lipinski definition) is 0. The van der Waals surface area contributed by atoms with E-state index in [2.05, 4.69) is 15.9 Å². The third-order valence-corrected chi connectivity index (χ3v) is 4.16. The number of Topliss-reactive ketones (excluding diaryl/α,β-unsaturated/α-hetero) is 1. The summed E-state index contributed by atoms with van der Waals surface area (Å²) >= 11 is 15.3. The molecule has 0 N–H and O–H groups in total. The van der Waals surface area contributed by atoms with Crippen molar-refractivity contribution in [2.24, 2.45) is 0 Å². The quantitative estimate of drug-likeness (QED) is 0.689. The predicted molar refractivity (Wildman–Crippen MR) is 85.2 cm³/mol. The second-order valence-corrected chi connectivity index (χ2v) is 5.88. The summed E-state index contributed by atoms with van der Waals surface area (Å²) in [4.78, 5) is 12.3. The zero-order valence-electron chi connectivity index (χ0n) is 10.6. The lowest BCUT2D eigenvalue weighted by molar-refractivity contribution is 0.0993. The van der Waals surface area contributed by atoms with E-state index in [0.29, 0.717) is 21.4 Å². The lowest BCUT2D eigenvalue weighted by atomic mass is 10.0. The van der Waals surface area contributed by atoms with Gasteiger partial charge in [-0.05, 0) is 42.0 Å². The van der Waals surface area contributed by atoms with Gasteiger partial charge in [0.1, 0.15) is 5.75 Å². The summed E-state index contributed by atoms with van der Waals surface area (Å²) in [5, 5.41) is 0.871. The smallest absolute Gasteiger partial charge is 0.168 e. The van der Waals surface area contributed by atoms with Crippen molar-refractivity contribution in [3.05, 3.63) is 62.0 Å². The number of rotatable bonds is 4. The van der Waals surface area contributed by atoms with Crippen molar-refractivity contribution >= 4 is 44.9 Å². The van der Waals surface area contributed by atoms with E-state index in [-0.39, 0.29) is 12.2 Å². The molecule has 0 unspecified atom stereocenters. The lowest BCUT2D eigenvalue weighted by Crippen LogP contribution is -2.05. The van der Waals surface area contributed by atoms with Crippen LogP contribution in [0.2, 0.25) is 10.0 Å². The normalized spacial score (nSPS) is 10.4. The molecule has 0 atom stereocenters. The SMILES string of the molecule is COc1ccc(Br)c(CC(=O)c2ccc(Cl)cc2Cl)c1. The molecule has 20 heavy (non-hydrogen) atoms. The molecule has 0 saturated carbocycles. The molecule has 0 fully saturated rings. The van der Waals surface area contributed by atoms with E-state index in [4.69, 9.17) is 27.9 Å². The van der Waals surface area contributed by atoms with Crippen molar-refractivity contribution in [2.75, 3.05) is 7.11 Å². The average molecular weight is 374 g/mol. The maximum absolute atomic E-state index is 12.3. The summed E-state index contributed by atoms with van der Waals surface area (Å²) in [6.07, 6.45) is 0.235. The lowest BCUT2D eigenvalue weighted by Gasteiger charge is -2.08. The van der Waals surface area contributed by atoms with Gasteiger partial charge in [0, 0.05) is 21.5 Å². The fourth-order valence-electron chi connectivity index (χ4n) is 1.80. The fraction of sp³-hybridized carbons (Fsp3) is 0.133.